The van der Waals surface area contributed by atoms with Gasteiger partial charge in [0.25, 0.3) is 5.91 Å². The number of esters is 1. The second kappa shape index (κ2) is 9.53. The number of pyridine rings is 1. The highest BCUT2D eigenvalue weighted by atomic mass is 16.5. The van der Waals surface area contributed by atoms with E-state index in [4.69, 9.17) is 4.74 Å². The lowest BCUT2D eigenvalue weighted by Gasteiger charge is -2.12. The molecule has 138 valence electrons. The van der Waals surface area contributed by atoms with Crippen LogP contribution < -0.4 is 10.6 Å². The highest BCUT2D eigenvalue weighted by Crippen LogP contribution is 2.17. The van der Waals surface area contributed by atoms with Gasteiger partial charge in [-0.3, -0.25) is 9.78 Å². The molecule has 26 heavy (non-hydrogen) atoms. The molecule has 0 unspecified atom stereocenters. The fraction of sp³-hybridized carbons (Fsp3) is 0.316. The van der Waals surface area contributed by atoms with Gasteiger partial charge in [0.05, 0.1) is 18.4 Å². The number of carbonyl (C=O) groups is 2. The molecule has 0 spiro atoms. The van der Waals surface area contributed by atoms with Crippen LogP contribution in [0.5, 0.6) is 0 Å². The average Bonchev–Trinajstić information content (AvgIpc) is 2.65. The number of benzene rings is 1. The fourth-order valence-corrected chi connectivity index (χ4v) is 2.36. The van der Waals surface area contributed by atoms with E-state index >= 15 is 0 Å². The minimum absolute atomic E-state index is 0.266. The maximum Gasteiger partial charge on any atom is 0.339 e. The summed E-state index contributed by atoms with van der Waals surface area (Å²) >= 11 is 0. The summed E-state index contributed by atoms with van der Waals surface area (Å²) in [4.78, 5) is 30.5. The molecule has 7 nitrogen and oxygen atoms in total. The van der Waals surface area contributed by atoms with Crippen molar-refractivity contribution >= 4 is 23.3 Å². The SMILES string of the molecule is COC(=O)c1ccccc1NC(=O)c1cc(NCCCN(C)C)ccn1. The van der Waals surface area contributed by atoms with Crippen LogP contribution >= 0.6 is 0 Å². The minimum atomic E-state index is -0.509. The van der Waals surface area contributed by atoms with Gasteiger partial charge < -0.3 is 20.3 Å². The van der Waals surface area contributed by atoms with Crippen LogP contribution in [-0.2, 0) is 4.74 Å². The number of hydrogen-bond donors (Lipinski definition) is 2. The van der Waals surface area contributed by atoms with Crippen molar-refractivity contribution in [2.75, 3.05) is 44.9 Å². The number of anilines is 2. The lowest BCUT2D eigenvalue weighted by molar-refractivity contribution is 0.0602. The largest absolute Gasteiger partial charge is 0.465 e. The number of amides is 1. The van der Waals surface area contributed by atoms with Gasteiger partial charge in [-0.2, -0.15) is 0 Å². The molecular weight excluding hydrogens is 332 g/mol. The number of rotatable bonds is 8. The second-order valence-corrected chi connectivity index (χ2v) is 6.00. The summed E-state index contributed by atoms with van der Waals surface area (Å²) in [6.45, 7) is 1.78. The Morgan fingerprint density at radius 2 is 1.96 bits per heavy atom. The molecule has 2 N–H and O–H groups in total. The molecule has 7 heteroatoms. The lowest BCUT2D eigenvalue weighted by Crippen LogP contribution is -2.18. The molecule has 1 amide bonds. The van der Waals surface area contributed by atoms with Crippen molar-refractivity contribution in [2.45, 2.75) is 6.42 Å². The van der Waals surface area contributed by atoms with Crippen molar-refractivity contribution < 1.29 is 14.3 Å². The Labute approximate surface area is 153 Å². The average molecular weight is 356 g/mol. The van der Waals surface area contributed by atoms with Crippen LogP contribution in [0, 0.1) is 0 Å². The molecule has 1 aromatic heterocycles. The van der Waals surface area contributed by atoms with Crippen molar-refractivity contribution in [2.24, 2.45) is 0 Å². The van der Waals surface area contributed by atoms with Crippen molar-refractivity contribution in [3.63, 3.8) is 0 Å². The zero-order valence-corrected chi connectivity index (χ0v) is 15.3. The third-order valence-corrected chi connectivity index (χ3v) is 3.68. The molecule has 0 atom stereocenters. The first kappa shape index (κ1) is 19.4. The Morgan fingerprint density at radius 1 is 1.19 bits per heavy atom. The molecular formula is C19H24N4O3. The molecule has 0 aliphatic rings. The third-order valence-electron chi connectivity index (χ3n) is 3.68. The van der Waals surface area contributed by atoms with Crippen LogP contribution in [0.3, 0.4) is 0 Å². The molecule has 1 aromatic carbocycles. The van der Waals surface area contributed by atoms with Gasteiger partial charge in [0.15, 0.2) is 0 Å². The molecule has 0 aliphatic heterocycles. The smallest absolute Gasteiger partial charge is 0.339 e. The highest BCUT2D eigenvalue weighted by molar-refractivity contribution is 6.07. The molecule has 0 fully saturated rings. The standard InChI is InChI=1S/C19H24N4O3/c1-23(2)12-6-10-20-14-9-11-21-17(13-14)18(24)22-16-8-5-4-7-15(16)19(25)26-3/h4-5,7-9,11,13H,6,10,12H2,1-3H3,(H,20,21)(H,22,24). The summed E-state index contributed by atoms with van der Waals surface area (Å²) in [6.07, 6.45) is 2.57. The number of nitrogens with zero attached hydrogens (tertiary/aromatic N) is 2. The van der Waals surface area contributed by atoms with Crippen molar-refractivity contribution in [1.82, 2.24) is 9.88 Å². The predicted molar refractivity (Wildman–Crippen MR) is 102 cm³/mol. The van der Waals surface area contributed by atoms with E-state index in [2.05, 4.69) is 20.5 Å². The highest BCUT2D eigenvalue weighted by Gasteiger charge is 2.15. The Kier molecular flexibility index (Phi) is 7.11. The Balaban J connectivity index is 2.04. The molecule has 0 bridgehead atoms. The fourth-order valence-electron chi connectivity index (χ4n) is 2.36. The molecule has 2 rings (SSSR count). The van der Waals surface area contributed by atoms with E-state index in [1.165, 1.54) is 7.11 Å². The Bertz CT molecular complexity index is 762. The molecule has 1 heterocycles. The summed E-state index contributed by atoms with van der Waals surface area (Å²) in [6, 6.07) is 10.2. The monoisotopic (exact) mass is 356 g/mol. The van der Waals surface area contributed by atoms with E-state index in [0.717, 1.165) is 25.2 Å². The number of para-hydroxylation sites is 1. The number of methoxy groups -OCH3 is 1. The van der Waals surface area contributed by atoms with E-state index < -0.39 is 11.9 Å². The summed E-state index contributed by atoms with van der Waals surface area (Å²) < 4.78 is 4.74. The van der Waals surface area contributed by atoms with Crippen LogP contribution in [0.25, 0.3) is 0 Å². The van der Waals surface area contributed by atoms with E-state index in [9.17, 15) is 9.59 Å². The number of carbonyl (C=O) groups excluding carboxylic acids is 2. The Hall–Kier alpha value is -2.93. The quantitative estimate of drug-likeness (QED) is 0.558. The van der Waals surface area contributed by atoms with Gasteiger partial charge >= 0.3 is 5.97 Å². The molecule has 2 aromatic rings. The van der Waals surface area contributed by atoms with Gasteiger partial charge in [-0.1, -0.05) is 12.1 Å². The van der Waals surface area contributed by atoms with Crippen molar-refractivity contribution in [3.05, 3.63) is 53.9 Å². The summed E-state index contributed by atoms with van der Waals surface area (Å²) in [5, 5.41) is 5.99. The van der Waals surface area contributed by atoms with Crippen molar-refractivity contribution in [1.29, 1.82) is 0 Å². The molecule has 0 saturated carbocycles. The van der Waals surface area contributed by atoms with Gasteiger partial charge in [-0.25, -0.2) is 4.79 Å². The zero-order chi connectivity index (χ0) is 18.9. The first-order valence-corrected chi connectivity index (χ1v) is 8.34. The van der Waals surface area contributed by atoms with E-state index in [1.807, 2.05) is 20.2 Å². The Morgan fingerprint density at radius 3 is 2.69 bits per heavy atom. The maximum atomic E-state index is 12.5. The van der Waals surface area contributed by atoms with Gasteiger partial charge in [0.1, 0.15) is 5.69 Å². The lowest BCUT2D eigenvalue weighted by atomic mass is 10.1. The summed E-state index contributed by atoms with van der Waals surface area (Å²) in [5.41, 5.74) is 1.77. The van der Waals surface area contributed by atoms with E-state index in [-0.39, 0.29) is 5.69 Å². The number of hydrogen-bond acceptors (Lipinski definition) is 6. The van der Waals surface area contributed by atoms with Gasteiger partial charge in [0, 0.05) is 18.4 Å². The number of nitrogens with one attached hydrogen (secondary N) is 2. The first-order valence-electron chi connectivity index (χ1n) is 8.34. The number of ether oxygens (including phenoxy) is 1. The van der Waals surface area contributed by atoms with E-state index in [0.29, 0.717) is 11.3 Å². The third kappa shape index (κ3) is 5.56. The zero-order valence-electron chi connectivity index (χ0n) is 15.3. The normalized spacial score (nSPS) is 10.5. The predicted octanol–water partition coefficient (Wildman–Crippen LogP) is 2.48. The topological polar surface area (TPSA) is 83.6 Å². The minimum Gasteiger partial charge on any atom is -0.465 e. The van der Waals surface area contributed by atoms with Crippen molar-refractivity contribution in [3.8, 4) is 0 Å². The number of aromatic nitrogens is 1. The van der Waals surface area contributed by atoms with Crippen LogP contribution in [0.2, 0.25) is 0 Å². The van der Waals surface area contributed by atoms with E-state index in [1.54, 1.807) is 36.5 Å². The summed E-state index contributed by atoms with van der Waals surface area (Å²) in [5.74, 6) is -0.900. The molecule has 0 saturated heterocycles. The van der Waals surface area contributed by atoms with Gasteiger partial charge in [0.2, 0.25) is 0 Å². The van der Waals surface area contributed by atoms with Crippen LogP contribution in [0.4, 0.5) is 11.4 Å². The van der Waals surface area contributed by atoms with Crippen LogP contribution in [-0.4, -0.2) is 56.1 Å². The first-order chi connectivity index (χ1) is 12.5. The molecule has 0 aliphatic carbocycles. The maximum absolute atomic E-state index is 12.5. The van der Waals surface area contributed by atoms with Crippen LogP contribution in [0.15, 0.2) is 42.6 Å². The second-order valence-electron chi connectivity index (χ2n) is 6.00. The summed E-state index contributed by atoms with van der Waals surface area (Å²) in [7, 11) is 5.36. The van der Waals surface area contributed by atoms with Gasteiger partial charge in [-0.05, 0) is 51.3 Å². The van der Waals surface area contributed by atoms with Gasteiger partial charge in [-0.15, -0.1) is 0 Å². The van der Waals surface area contributed by atoms with Crippen LogP contribution in [0.1, 0.15) is 27.3 Å². The molecule has 0 radical (unpaired) electrons.